The second kappa shape index (κ2) is 2.71. The molecule has 4 nitrogen and oxygen atoms in total. The van der Waals surface area contributed by atoms with Crippen LogP contribution in [0.15, 0.2) is 0 Å². The molecule has 0 aromatic rings. The van der Waals surface area contributed by atoms with Gasteiger partial charge in [-0.25, -0.2) is 0 Å². The summed E-state index contributed by atoms with van der Waals surface area (Å²) in [6.07, 6.45) is 3.77. The lowest BCUT2D eigenvalue weighted by molar-refractivity contribution is -0.147. The van der Waals surface area contributed by atoms with E-state index in [4.69, 9.17) is 0 Å². The molecule has 0 radical (unpaired) electrons. The van der Waals surface area contributed by atoms with Crippen LogP contribution in [-0.4, -0.2) is 34.9 Å². The summed E-state index contributed by atoms with van der Waals surface area (Å²) >= 11 is 0. The van der Waals surface area contributed by atoms with E-state index >= 15 is 0 Å². The predicted molar refractivity (Wildman–Crippen MR) is 43.1 cm³/mol. The van der Waals surface area contributed by atoms with Crippen molar-refractivity contribution in [2.45, 2.75) is 31.5 Å². The molecule has 2 N–H and O–H groups in total. The lowest BCUT2D eigenvalue weighted by atomic mass is 10.2. The molecule has 2 aliphatic heterocycles. The average Bonchev–Trinajstić information content (AvgIpc) is 2.24. The largest absolute Gasteiger partial charge is 0.358 e. The second-order valence-electron chi connectivity index (χ2n) is 3.53. The van der Waals surface area contributed by atoms with Gasteiger partial charge in [0.25, 0.3) is 0 Å². The molecule has 2 aliphatic rings. The first-order chi connectivity index (χ1) is 5.72. The maximum atomic E-state index is 11.3. The molecule has 0 saturated carbocycles. The maximum Gasteiger partial charge on any atom is 0.239 e. The number of amides is 1. The number of nitrogens with zero attached hydrogens (tertiary/aromatic N) is 1. The molecular formula is C8H14N2O2. The van der Waals surface area contributed by atoms with E-state index in [9.17, 15) is 9.90 Å². The van der Waals surface area contributed by atoms with Gasteiger partial charge in [-0.1, -0.05) is 6.42 Å². The smallest absolute Gasteiger partial charge is 0.239 e. The van der Waals surface area contributed by atoms with Crippen LogP contribution >= 0.6 is 0 Å². The Morgan fingerprint density at radius 1 is 1.42 bits per heavy atom. The lowest BCUT2D eigenvalue weighted by Crippen LogP contribution is -2.51. The first-order valence-electron chi connectivity index (χ1n) is 4.50. The zero-order valence-corrected chi connectivity index (χ0v) is 7.05. The van der Waals surface area contributed by atoms with Crippen LogP contribution in [0, 0.1) is 0 Å². The van der Waals surface area contributed by atoms with Crippen molar-refractivity contribution >= 4 is 5.91 Å². The van der Waals surface area contributed by atoms with Gasteiger partial charge in [0.2, 0.25) is 5.91 Å². The third-order valence-corrected chi connectivity index (χ3v) is 2.68. The van der Waals surface area contributed by atoms with E-state index in [1.165, 1.54) is 0 Å². The van der Waals surface area contributed by atoms with Crippen LogP contribution in [-0.2, 0) is 4.79 Å². The fourth-order valence-electron chi connectivity index (χ4n) is 1.97. The summed E-state index contributed by atoms with van der Waals surface area (Å²) in [5.74, 6) is -0.993. The number of aliphatic hydroxyl groups is 1. The summed E-state index contributed by atoms with van der Waals surface area (Å²) < 4.78 is 0. The van der Waals surface area contributed by atoms with Crippen molar-refractivity contribution in [1.29, 1.82) is 0 Å². The molecular weight excluding hydrogens is 156 g/mol. The summed E-state index contributed by atoms with van der Waals surface area (Å²) in [6, 6.07) is 0. The summed E-state index contributed by atoms with van der Waals surface area (Å²) in [7, 11) is 0. The van der Waals surface area contributed by atoms with E-state index in [1.807, 2.05) is 0 Å². The topological polar surface area (TPSA) is 52.6 Å². The minimum Gasteiger partial charge on any atom is -0.358 e. The molecule has 0 bridgehead atoms. The van der Waals surface area contributed by atoms with E-state index in [0.29, 0.717) is 13.0 Å². The Kier molecular flexibility index (Phi) is 1.81. The quantitative estimate of drug-likeness (QED) is 0.522. The number of rotatable bonds is 0. The zero-order valence-electron chi connectivity index (χ0n) is 7.05. The normalized spacial score (nSPS) is 36.4. The van der Waals surface area contributed by atoms with Gasteiger partial charge in [0.15, 0.2) is 5.85 Å². The van der Waals surface area contributed by atoms with Crippen molar-refractivity contribution in [2.24, 2.45) is 0 Å². The molecule has 68 valence electrons. The van der Waals surface area contributed by atoms with E-state index in [0.717, 1.165) is 19.3 Å². The van der Waals surface area contributed by atoms with E-state index in [-0.39, 0.29) is 12.5 Å². The number of hydrogen-bond donors (Lipinski definition) is 2. The molecule has 1 amide bonds. The predicted octanol–water partition coefficient (Wildman–Crippen LogP) is -0.362. The van der Waals surface area contributed by atoms with E-state index in [1.54, 1.807) is 4.90 Å². The Bertz CT molecular complexity index is 207. The minimum absolute atomic E-state index is 0.0272. The van der Waals surface area contributed by atoms with Gasteiger partial charge in [0.05, 0.1) is 6.54 Å². The van der Waals surface area contributed by atoms with Crippen molar-refractivity contribution in [1.82, 2.24) is 10.2 Å². The monoisotopic (exact) mass is 170 g/mol. The number of carbonyl (C=O) groups excluding carboxylic acids is 1. The highest BCUT2D eigenvalue weighted by Gasteiger charge is 2.43. The van der Waals surface area contributed by atoms with E-state index < -0.39 is 5.85 Å². The molecule has 0 aromatic carbocycles. The van der Waals surface area contributed by atoms with Crippen molar-refractivity contribution in [2.75, 3.05) is 13.1 Å². The standard InChI is InChI=1S/C8H14N2O2/c11-7-6-9-8(12)4-2-1-3-5-10(7)8/h9,12H,1-6H2/t8-/m1/s1. The van der Waals surface area contributed by atoms with Crippen molar-refractivity contribution in [3.05, 3.63) is 0 Å². The second-order valence-corrected chi connectivity index (χ2v) is 3.53. The van der Waals surface area contributed by atoms with Crippen molar-refractivity contribution < 1.29 is 9.90 Å². The number of carbonyl (C=O) groups is 1. The Balaban J connectivity index is 2.19. The molecule has 2 heterocycles. The van der Waals surface area contributed by atoms with Gasteiger partial charge < -0.3 is 10.0 Å². The van der Waals surface area contributed by atoms with Crippen molar-refractivity contribution in [3.8, 4) is 0 Å². The van der Waals surface area contributed by atoms with Gasteiger partial charge in [0.1, 0.15) is 0 Å². The van der Waals surface area contributed by atoms with Crippen LogP contribution in [0.3, 0.4) is 0 Å². The third-order valence-electron chi connectivity index (χ3n) is 2.68. The summed E-state index contributed by atoms with van der Waals surface area (Å²) in [5.41, 5.74) is 0. The first-order valence-corrected chi connectivity index (χ1v) is 4.50. The zero-order chi connectivity index (χ0) is 8.60. The SMILES string of the molecule is O=C1CN[C@]2(O)CCCCCN12. The molecule has 0 unspecified atom stereocenters. The molecule has 4 heteroatoms. The first kappa shape index (κ1) is 8.01. The Hall–Kier alpha value is -0.610. The van der Waals surface area contributed by atoms with Crippen LogP contribution < -0.4 is 5.32 Å². The van der Waals surface area contributed by atoms with Gasteiger partial charge in [-0.15, -0.1) is 0 Å². The van der Waals surface area contributed by atoms with Crippen molar-refractivity contribution in [3.63, 3.8) is 0 Å². The van der Waals surface area contributed by atoms with Crippen LogP contribution in [0.4, 0.5) is 0 Å². The summed E-state index contributed by atoms with van der Waals surface area (Å²) in [5, 5.41) is 12.8. The number of nitrogens with one attached hydrogen (secondary N) is 1. The number of hydrogen-bond acceptors (Lipinski definition) is 3. The molecule has 1 atom stereocenters. The summed E-state index contributed by atoms with van der Waals surface area (Å²) in [4.78, 5) is 12.8. The van der Waals surface area contributed by atoms with Crippen LogP contribution in [0.2, 0.25) is 0 Å². The van der Waals surface area contributed by atoms with Crippen LogP contribution in [0.1, 0.15) is 25.7 Å². The van der Waals surface area contributed by atoms with Crippen LogP contribution in [0.5, 0.6) is 0 Å². The molecule has 0 aliphatic carbocycles. The number of fused-ring (bicyclic) bond motifs is 1. The highest BCUT2D eigenvalue weighted by atomic mass is 16.3. The average molecular weight is 170 g/mol. The van der Waals surface area contributed by atoms with Gasteiger partial charge >= 0.3 is 0 Å². The van der Waals surface area contributed by atoms with Gasteiger partial charge in [0, 0.05) is 13.0 Å². The maximum absolute atomic E-state index is 11.3. The lowest BCUT2D eigenvalue weighted by Gasteiger charge is -2.30. The fraction of sp³-hybridized carbons (Fsp3) is 0.875. The molecule has 2 saturated heterocycles. The molecule has 2 rings (SSSR count). The molecule has 0 spiro atoms. The van der Waals surface area contributed by atoms with Gasteiger partial charge in [-0.05, 0) is 12.8 Å². The van der Waals surface area contributed by atoms with Crippen LogP contribution in [0.25, 0.3) is 0 Å². The Labute approximate surface area is 71.5 Å². The Morgan fingerprint density at radius 2 is 2.25 bits per heavy atom. The highest BCUT2D eigenvalue weighted by Crippen LogP contribution is 2.25. The third kappa shape index (κ3) is 1.11. The summed E-state index contributed by atoms with van der Waals surface area (Å²) in [6.45, 7) is 0.985. The molecule has 2 fully saturated rings. The molecule has 0 aromatic heterocycles. The minimum atomic E-state index is -1.02. The van der Waals surface area contributed by atoms with E-state index in [2.05, 4.69) is 5.32 Å². The van der Waals surface area contributed by atoms with Gasteiger partial charge in [-0.3, -0.25) is 10.1 Å². The fourth-order valence-corrected chi connectivity index (χ4v) is 1.97. The van der Waals surface area contributed by atoms with Gasteiger partial charge in [-0.2, -0.15) is 0 Å². The Morgan fingerprint density at radius 3 is 3.08 bits per heavy atom. The highest BCUT2D eigenvalue weighted by molar-refractivity contribution is 5.81. The molecule has 12 heavy (non-hydrogen) atoms.